The van der Waals surface area contributed by atoms with Crippen molar-refractivity contribution in [1.82, 2.24) is 15.5 Å². The van der Waals surface area contributed by atoms with Crippen LogP contribution >= 0.6 is 0 Å². The van der Waals surface area contributed by atoms with E-state index in [1.807, 2.05) is 7.05 Å². The minimum absolute atomic E-state index is 0.969. The molecule has 17 heavy (non-hydrogen) atoms. The smallest absolute Gasteiger partial charge is 0.0952 e. The van der Waals surface area contributed by atoms with Crippen LogP contribution in [0.15, 0.2) is 24.3 Å². The summed E-state index contributed by atoms with van der Waals surface area (Å²) >= 11 is 0. The van der Waals surface area contributed by atoms with Crippen LogP contribution in [0, 0.1) is 13.8 Å². The van der Waals surface area contributed by atoms with Crippen molar-refractivity contribution in [2.75, 3.05) is 13.6 Å². The van der Waals surface area contributed by atoms with Crippen LogP contribution in [-0.4, -0.2) is 23.8 Å². The van der Waals surface area contributed by atoms with Crippen molar-refractivity contribution in [2.45, 2.75) is 20.3 Å². The van der Waals surface area contributed by atoms with Gasteiger partial charge < -0.3 is 5.32 Å². The molecule has 0 fully saturated rings. The average Bonchev–Trinajstić information content (AvgIpc) is 2.68. The molecular formula is C14H19N3. The number of aryl methyl sites for hydroxylation is 1. The first kappa shape index (κ1) is 11.9. The van der Waals surface area contributed by atoms with Gasteiger partial charge in [-0.05, 0) is 32.5 Å². The minimum atomic E-state index is 0.969. The molecule has 0 aliphatic heterocycles. The Morgan fingerprint density at radius 3 is 2.82 bits per heavy atom. The lowest BCUT2D eigenvalue weighted by molar-refractivity contribution is 0.769. The highest BCUT2D eigenvalue weighted by Crippen LogP contribution is 2.23. The molecule has 0 saturated carbocycles. The zero-order valence-electron chi connectivity index (χ0n) is 10.7. The van der Waals surface area contributed by atoms with Gasteiger partial charge in [-0.25, -0.2) is 0 Å². The largest absolute Gasteiger partial charge is 0.319 e. The third-order valence-electron chi connectivity index (χ3n) is 3.03. The van der Waals surface area contributed by atoms with E-state index in [0.717, 1.165) is 18.7 Å². The zero-order chi connectivity index (χ0) is 12.3. The highest BCUT2D eigenvalue weighted by Gasteiger charge is 2.10. The quantitative estimate of drug-likeness (QED) is 0.845. The van der Waals surface area contributed by atoms with E-state index in [4.69, 9.17) is 0 Å². The first-order chi connectivity index (χ1) is 8.22. The van der Waals surface area contributed by atoms with E-state index in [9.17, 15) is 0 Å². The number of H-pyrrole nitrogens is 1. The minimum Gasteiger partial charge on any atom is -0.319 e. The van der Waals surface area contributed by atoms with Gasteiger partial charge in [-0.3, -0.25) is 5.10 Å². The number of aromatic nitrogens is 2. The second kappa shape index (κ2) is 5.15. The fourth-order valence-corrected chi connectivity index (χ4v) is 2.00. The molecule has 2 N–H and O–H groups in total. The lowest BCUT2D eigenvalue weighted by atomic mass is 10.0. The number of nitrogens with one attached hydrogen (secondary N) is 2. The topological polar surface area (TPSA) is 40.7 Å². The number of aromatic amines is 1. The average molecular weight is 229 g/mol. The molecule has 1 heterocycles. The van der Waals surface area contributed by atoms with Crippen molar-refractivity contribution >= 4 is 0 Å². The summed E-state index contributed by atoms with van der Waals surface area (Å²) in [5, 5.41) is 10.7. The van der Waals surface area contributed by atoms with Crippen molar-refractivity contribution in [3.05, 3.63) is 41.1 Å². The van der Waals surface area contributed by atoms with Crippen LogP contribution in [0.3, 0.4) is 0 Å². The lowest BCUT2D eigenvalue weighted by Crippen LogP contribution is -2.11. The van der Waals surface area contributed by atoms with Gasteiger partial charge in [0.1, 0.15) is 0 Å². The van der Waals surface area contributed by atoms with Crippen LogP contribution < -0.4 is 5.32 Å². The van der Waals surface area contributed by atoms with Crippen LogP contribution in [0.2, 0.25) is 0 Å². The normalized spacial score (nSPS) is 10.8. The van der Waals surface area contributed by atoms with Gasteiger partial charge in [-0.1, -0.05) is 23.8 Å². The van der Waals surface area contributed by atoms with Crippen LogP contribution in [0.4, 0.5) is 0 Å². The standard InChI is InChI=1S/C14H19N3/c1-10-5-4-6-12(9-10)14-11(2)13(16-17-14)7-8-15-3/h4-6,9,15H,7-8H2,1-3H3,(H,16,17). The number of hydrogen-bond donors (Lipinski definition) is 2. The first-order valence-electron chi connectivity index (χ1n) is 5.98. The highest BCUT2D eigenvalue weighted by atomic mass is 15.1. The van der Waals surface area contributed by atoms with Gasteiger partial charge in [0.05, 0.1) is 5.69 Å². The van der Waals surface area contributed by atoms with Crippen molar-refractivity contribution in [1.29, 1.82) is 0 Å². The predicted molar refractivity (Wildman–Crippen MR) is 71.1 cm³/mol. The van der Waals surface area contributed by atoms with Crippen LogP contribution in [-0.2, 0) is 6.42 Å². The molecule has 0 aliphatic rings. The Bertz CT molecular complexity index is 500. The summed E-state index contributed by atoms with van der Waals surface area (Å²) in [4.78, 5) is 0. The van der Waals surface area contributed by atoms with E-state index in [2.05, 4.69) is 53.6 Å². The second-order valence-electron chi connectivity index (χ2n) is 4.40. The van der Waals surface area contributed by atoms with E-state index in [1.165, 1.54) is 22.4 Å². The molecule has 0 atom stereocenters. The molecule has 90 valence electrons. The summed E-state index contributed by atoms with van der Waals surface area (Å²) in [5.74, 6) is 0. The summed E-state index contributed by atoms with van der Waals surface area (Å²) in [5.41, 5.74) is 6.00. The molecule has 0 radical (unpaired) electrons. The molecule has 0 unspecified atom stereocenters. The molecule has 2 aromatic rings. The van der Waals surface area contributed by atoms with E-state index in [1.54, 1.807) is 0 Å². The van der Waals surface area contributed by atoms with Crippen LogP contribution in [0.25, 0.3) is 11.3 Å². The summed E-state index contributed by atoms with van der Waals surface area (Å²) in [7, 11) is 1.97. The second-order valence-corrected chi connectivity index (χ2v) is 4.40. The van der Waals surface area contributed by atoms with Gasteiger partial charge in [0, 0.05) is 24.2 Å². The molecule has 3 heteroatoms. The molecule has 0 aliphatic carbocycles. The van der Waals surface area contributed by atoms with Crippen LogP contribution in [0.1, 0.15) is 16.8 Å². The summed E-state index contributed by atoms with van der Waals surface area (Å²) in [6.07, 6.45) is 0.987. The third kappa shape index (κ3) is 2.56. The molecule has 1 aromatic carbocycles. The molecule has 0 spiro atoms. The first-order valence-corrected chi connectivity index (χ1v) is 5.98. The molecule has 2 rings (SSSR count). The fourth-order valence-electron chi connectivity index (χ4n) is 2.00. The Labute approximate surface area is 102 Å². The monoisotopic (exact) mass is 229 g/mol. The molecule has 0 saturated heterocycles. The SMILES string of the molecule is CNCCc1[nH]nc(-c2cccc(C)c2)c1C. The molecule has 0 bridgehead atoms. The van der Waals surface area contributed by atoms with Gasteiger partial charge in [-0.15, -0.1) is 0 Å². The number of nitrogens with zero attached hydrogens (tertiary/aromatic N) is 1. The maximum Gasteiger partial charge on any atom is 0.0952 e. The highest BCUT2D eigenvalue weighted by molar-refractivity contribution is 5.64. The summed E-state index contributed by atoms with van der Waals surface area (Å²) in [6, 6.07) is 8.46. The maximum absolute atomic E-state index is 4.43. The van der Waals surface area contributed by atoms with Gasteiger partial charge in [0.2, 0.25) is 0 Å². The van der Waals surface area contributed by atoms with Crippen molar-refractivity contribution < 1.29 is 0 Å². The van der Waals surface area contributed by atoms with E-state index in [-0.39, 0.29) is 0 Å². The Morgan fingerprint density at radius 2 is 2.12 bits per heavy atom. The molecule has 0 amide bonds. The Hall–Kier alpha value is -1.61. The Kier molecular flexibility index (Phi) is 3.59. The fraction of sp³-hybridized carbons (Fsp3) is 0.357. The Morgan fingerprint density at radius 1 is 1.29 bits per heavy atom. The van der Waals surface area contributed by atoms with E-state index >= 15 is 0 Å². The molecular weight excluding hydrogens is 210 g/mol. The van der Waals surface area contributed by atoms with Crippen molar-refractivity contribution in [2.24, 2.45) is 0 Å². The third-order valence-corrected chi connectivity index (χ3v) is 3.03. The molecule has 1 aromatic heterocycles. The van der Waals surface area contributed by atoms with E-state index in [0.29, 0.717) is 0 Å². The summed E-state index contributed by atoms with van der Waals surface area (Å²) < 4.78 is 0. The Balaban J connectivity index is 2.30. The van der Waals surface area contributed by atoms with Crippen molar-refractivity contribution in [3.8, 4) is 11.3 Å². The molecule has 3 nitrogen and oxygen atoms in total. The van der Waals surface area contributed by atoms with Gasteiger partial charge in [0.25, 0.3) is 0 Å². The number of rotatable bonds is 4. The van der Waals surface area contributed by atoms with Crippen LogP contribution in [0.5, 0.6) is 0 Å². The lowest BCUT2D eigenvalue weighted by Gasteiger charge is -2.01. The van der Waals surface area contributed by atoms with E-state index < -0.39 is 0 Å². The number of hydrogen-bond acceptors (Lipinski definition) is 2. The zero-order valence-corrected chi connectivity index (χ0v) is 10.7. The van der Waals surface area contributed by atoms with Gasteiger partial charge >= 0.3 is 0 Å². The predicted octanol–water partition coefficient (Wildman–Crippen LogP) is 2.46. The van der Waals surface area contributed by atoms with Gasteiger partial charge in [0.15, 0.2) is 0 Å². The number of benzene rings is 1. The van der Waals surface area contributed by atoms with Gasteiger partial charge in [-0.2, -0.15) is 5.10 Å². The van der Waals surface area contributed by atoms with Crippen molar-refractivity contribution in [3.63, 3.8) is 0 Å². The maximum atomic E-state index is 4.43. The number of likely N-dealkylation sites (N-methyl/N-ethyl adjacent to an activating group) is 1. The summed E-state index contributed by atoms with van der Waals surface area (Å²) in [6.45, 7) is 5.20.